The van der Waals surface area contributed by atoms with Crippen LogP contribution < -0.4 is 0 Å². The number of aliphatic hydroxyl groups is 1. The second kappa shape index (κ2) is 4.00. The van der Waals surface area contributed by atoms with Crippen molar-refractivity contribution in [1.82, 2.24) is 14.7 Å². The van der Waals surface area contributed by atoms with E-state index < -0.39 is 12.1 Å². The van der Waals surface area contributed by atoms with Crippen molar-refractivity contribution in [1.29, 1.82) is 0 Å². The van der Waals surface area contributed by atoms with Crippen LogP contribution in [0.5, 0.6) is 0 Å². The number of likely N-dealkylation sites (tertiary alicyclic amines) is 1. The SMILES string of the molecule is O=C(O)CN1C[C@@H](n2cccn2)[C@@H](O)C1. The van der Waals surface area contributed by atoms with Gasteiger partial charge in [0, 0.05) is 25.5 Å². The monoisotopic (exact) mass is 211 g/mol. The number of aliphatic carboxylic acids is 1. The summed E-state index contributed by atoms with van der Waals surface area (Å²) in [6.07, 6.45) is 2.87. The summed E-state index contributed by atoms with van der Waals surface area (Å²) in [5.41, 5.74) is 0. The molecule has 6 nitrogen and oxygen atoms in total. The zero-order chi connectivity index (χ0) is 10.8. The predicted molar refractivity (Wildman–Crippen MR) is 51.3 cm³/mol. The fraction of sp³-hybridized carbons (Fsp3) is 0.556. The van der Waals surface area contributed by atoms with Crippen molar-refractivity contribution in [3.05, 3.63) is 18.5 Å². The highest BCUT2D eigenvalue weighted by Crippen LogP contribution is 2.20. The molecular weight excluding hydrogens is 198 g/mol. The molecule has 2 atom stereocenters. The molecule has 2 N–H and O–H groups in total. The summed E-state index contributed by atoms with van der Waals surface area (Å²) in [5.74, 6) is -0.872. The molecule has 0 amide bonds. The molecule has 0 saturated carbocycles. The van der Waals surface area contributed by atoms with E-state index in [0.29, 0.717) is 13.1 Å². The summed E-state index contributed by atoms with van der Waals surface area (Å²) in [4.78, 5) is 12.2. The molecular formula is C9H13N3O3. The Kier molecular flexibility index (Phi) is 2.70. The first-order chi connectivity index (χ1) is 7.16. The number of β-amino-alcohol motifs (C(OH)–C–C–N with tert-alkyl or cyclic N) is 1. The summed E-state index contributed by atoms with van der Waals surface area (Å²) < 4.78 is 1.67. The Hall–Kier alpha value is -1.40. The van der Waals surface area contributed by atoms with Crippen LogP contribution in [0.2, 0.25) is 0 Å². The van der Waals surface area contributed by atoms with E-state index in [2.05, 4.69) is 5.10 Å². The van der Waals surface area contributed by atoms with Gasteiger partial charge in [0.2, 0.25) is 0 Å². The number of hydrogen-bond acceptors (Lipinski definition) is 4. The molecule has 6 heteroatoms. The zero-order valence-corrected chi connectivity index (χ0v) is 8.15. The molecule has 1 saturated heterocycles. The van der Waals surface area contributed by atoms with Gasteiger partial charge in [0.15, 0.2) is 0 Å². The van der Waals surface area contributed by atoms with E-state index in [-0.39, 0.29) is 12.6 Å². The van der Waals surface area contributed by atoms with Gasteiger partial charge >= 0.3 is 5.97 Å². The minimum atomic E-state index is -0.872. The van der Waals surface area contributed by atoms with Crippen LogP contribution in [-0.4, -0.2) is 56.6 Å². The van der Waals surface area contributed by atoms with E-state index in [1.54, 1.807) is 28.0 Å². The lowest BCUT2D eigenvalue weighted by Crippen LogP contribution is -2.28. The molecule has 1 aliphatic rings. The zero-order valence-electron chi connectivity index (χ0n) is 8.15. The number of aromatic nitrogens is 2. The smallest absolute Gasteiger partial charge is 0.317 e. The first-order valence-electron chi connectivity index (χ1n) is 4.78. The number of rotatable bonds is 3. The molecule has 1 aliphatic heterocycles. The lowest BCUT2D eigenvalue weighted by Gasteiger charge is -2.13. The normalized spacial score (nSPS) is 27.0. The second-order valence-electron chi connectivity index (χ2n) is 3.71. The molecule has 1 aromatic heterocycles. The van der Waals surface area contributed by atoms with E-state index in [4.69, 9.17) is 5.11 Å². The Morgan fingerprint density at radius 1 is 1.53 bits per heavy atom. The summed E-state index contributed by atoms with van der Waals surface area (Å²) in [6.45, 7) is 0.876. The predicted octanol–water partition coefficient (Wildman–Crippen LogP) is -0.815. The third-order valence-corrected chi connectivity index (χ3v) is 2.56. The van der Waals surface area contributed by atoms with Crippen LogP contribution >= 0.6 is 0 Å². The van der Waals surface area contributed by atoms with Gasteiger partial charge in [-0.25, -0.2) is 0 Å². The van der Waals surface area contributed by atoms with Crippen molar-refractivity contribution in [3.8, 4) is 0 Å². The van der Waals surface area contributed by atoms with Crippen LogP contribution in [0.4, 0.5) is 0 Å². The van der Waals surface area contributed by atoms with E-state index in [1.807, 2.05) is 0 Å². The lowest BCUT2D eigenvalue weighted by molar-refractivity contribution is -0.138. The number of hydrogen-bond donors (Lipinski definition) is 2. The van der Waals surface area contributed by atoms with Gasteiger partial charge in [-0.1, -0.05) is 0 Å². The highest BCUT2D eigenvalue weighted by atomic mass is 16.4. The Labute approximate surface area is 86.7 Å². The molecule has 0 radical (unpaired) electrons. The van der Waals surface area contributed by atoms with Gasteiger partial charge in [-0.05, 0) is 6.07 Å². The first kappa shape index (κ1) is 10.1. The fourth-order valence-electron chi connectivity index (χ4n) is 1.90. The molecule has 0 aromatic carbocycles. The standard InChI is InChI=1S/C9H13N3O3/c13-8-5-11(6-9(14)15)4-7(8)12-3-1-2-10-12/h1-3,7-8,13H,4-6H2,(H,14,15)/t7-,8+/m1/s1. The van der Waals surface area contributed by atoms with Gasteiger partial charge in [0.1, 0.15) is 0 Å². The van der Waals surface area contributed by atoms with Crippen LogP contribution in [0.25, 0.3) is 0 Å². The van der Waals surface area contributed by atoms with Gasteiger partial charge < -0.3 is 10.2 Å². The lowest BCUT2D eigenvalue weighted by atomic mass is 10.2. The number of carboxylic acid groups (broad SMARTS) is 1. The van der Waals surface area contributed by atoms with Crippen molar-refractivity contribution >= 4 is 5.97 Å². The van der Waals surface area contributed by atoms with Crippen molar-refractivity contribution in [2.75, 3.05) is 19.6 Å². The molecule has 0 bridgehead atoms. The molecule has 0 unspecified atom stereocenters. The van der Waals surface area contributed by atoms with Crippen LogP contribution in [0.15, 0.2) is 18.5 Å². The minimum Gasteiger partial charge on any atom is -0.480 e. The van der Waals surface area contributed by atoms with Gasteiger partial charge in [0.25, 0.3) is 0 Å². The van der Waals surface area contributed by atoms with Crippen LogP contribution in [0.1, 0.15) is 6.04 Å². The summed E-state index contributed by atoms with van der Waals surface area (Å²) in [7, 11) is 0. The number of aliphatic hydroxyl groups excluding tert-OH is 1. The Balaban J connectivity index is 2.01. The quantitative estimate of drug-likeness (QED) is 0.683. The van der Waals surface area contributed by atoms with E-state index in [1.165, 1.54) is 0 Å². The summed E-state index contributed by atoms with van der Waals surface area (Å²) in [6, 6.07) is 1.64. The largest absolute Gasteiger partial charge is 0.480 e. The molecule has 82 valence electrons. The fourth-order valence-corrected chi connectivity index (χ4v) is 1.90. The molecule has 0 aliphatic carbocycles. The number of carboxylic acids is 1. The molecule has 0 spiro atoms. The Morgan fingerprint density at radius 3 is 2.93 bits per heavy atom. The van der Waals surface area contributed by atoms with Crippen LogP contribution in [0, 0.1) is 0 Å². The molecule has 1 aromatic rings. The summed E-state index contributed by atoms with van der Waals surface area (Å²) >= 11 is 0. The maximum Gasteiger partial charge on any atom is 0.317 e. The second-order valence-corrected chi connectivity index (χ2v) is 3.71. The maximum atomic E-state index is 10.5. The molecule has 15 heavy (non-hydrogen) atoms. The third kappa shape index (κ3) is 2.16. The van der Waals surface area contributed by atoms with Gasteiger partial charge in [-0.15, -0.1) is 0 Å². The van der Waals surface area contributed by atoms with E-state index in [9.17, 15) is 9.90 Å². The molecule has 1 fully saturated rings. The summed E-state index contributed by atoms with van der Waals surface area (Å²) in [5, 5.41) is 22.4. The number of carbonyl (C=O) groups is 1. The van der Waals surface area contributed by atoms with Crippen molar-refractivity contribution in [3.63, 3.8) is 0 Å². The van der Waals surface area contributed by atoms with Crippen LogP contribution in [0.3, 0.4) is 0 Å². The van der Waals surface area contributed by atoms with E-state index >= 15 is 0 Å². The average molecular weight is 211 g/mol. The highest BCUT2D eigenvalue weighted by molar-refractivity contribution is 5.69. The highest BCUT2D eigenvalue weighted by Gasteiger charge is 2.33. The van der Waals surface area contributed by atoms with Crippen molar-refractivity contribution in [2.45, 2.75) is 12.1 Å². The van der Waals surface area contributed by atoms with Crippen molar-refractivity contribution < 1.29 is 15.0 Å². The Bertz CT molecular complexity index is 338. The maximum absolute atomic E-state index is 10.5. The van der Waals surface area contributed by atoms with E-state index in [0.717, 1.165) is 0 Å². The van der Waals surface area contributed by atoms with Gasteiger partial charge in [-0.2, -0.15) is 5.10 Å². The Morgan fingerprint density at radius 2 is 2.33 bits per heavy atom. The third-order valence-electron chi connectivity index (χ3n) is 2.56. The number of nitrogens with zero attached hydrogens (tertiary/aromatic N) is 3. The first-order valence-corrected chi connectivity index (χ1v) is 4.78. The van der Waals surface area contributed by atoms with Gasteiger partial charge in [-0.3, -0.25) is 14.4 Å². The topological polar surface area (TPSA) is 78.6 Å². The average Bonchev–Trinajstić information content (AvgIpc) is 2.72. The minimum absolute atomic E-state index is 0.0329. The van der Waals surface area contributed by atoms with Gasteiger partial charge in [0.05, 0.1) is 18.7 Å². The molecule has 2 heterocycles. The van der Waals surface area contributed by atoms with Crippen LogP contribution in [-0.2, 0) is 4.79 Å². The molecule has 2 rings (SSSR count). The van der Waals surface area contributed by atoms with Crippen molar-refractivity contribution in [2.24, 2.45) is 0 Å².